The van der Waals surface area contributed by atoms with Crippen LogP contribution in [0.5, 0.6) is 5.75 Å². The SMILES string of the molecule is CN(C)c1cc(NCC2CCCCC2)c(O)c2c1CC1CC3C(N(C)C)C(=O)C(C(N)=O)C(=O)C3(O)C(=O)C1C2=O. The fourth-order valence-electron chi connectivity index (χ4n) is 7.83. The highest BCUT2D eigenvalue weighted by atomic mass is 16.3. The van der Waals surface area contributed by atoms with Crippen LogP contribution in [0, 0.1) is 29.6 Å². The van der Waals surface area contributed by atoms with Gasteiger partial charge < -0.3 is 26.2 Å². The highest BCUT2D eigenvalue weighted by molar-refractivity contribution is 6.32. The maximum Gasteiger partial charge on any atom is 0.235 e. The van der Waals surface area contributed by atoms with Crippen LogP contribution in [0.2, 0.25) is 0 Å². The predicted molar refractivity (Wildman–Crippen MR) is 151 cm³/mol. The minimum Gasteiger partial charge on any atom is -0.505 e. The number of hydrogen-bond acceptors (Lipinski definition) is 10. The van der Waals surface area contributed by atoms with Crippen molar-refractivity contribution >= 4 is 40.4 Å². The monoisotopic (exact) mass is 568 g/mol. The predicted octanol–water partition coefficient (Wildman–Crippen LogP) is 0.925. The lowest BCUT2D eigenvalue weighted by Crippen LogP contribution is -2.74. The lowest BCUT2D eigenvalue weighted by Gasteiger charge is -2.52. The lowest BCUT2D eigenvalue weighted by atomic mass is 9.52. The van der Waals surface area contributed by atoms with Crippen molar-refractivity contribution in [1.82, 2.24) is 4.90 Å². The zero-order chi connectivity index (χ0) is 30.0. The Morgan fingerprint density at radius 1 is 1.07 bits per heavy atom. The van der Waals surface area contributed by atoms with Crippen LogP contribution in [0.15, 0.2) is 6.07 Å². The van der Waals surface area contributed by atoms with Gasteiger partial charge in [-0.1, -0.05) is 19.3 Å². The molecule has 1 aromatic carbocycles. The molecule has 5 rings (SSSR count). The molecular formula is C30H40N4O7. The molecule has 1 amide bonds. The summed E-state index contributed by atoms with van der Waals surface area (Å²) in [6, 6.07) is 0.698. The molecule has 3 saturated carbocycles. The van der Waals surface area contributed by atoms with Crippen molar-refractivity contribution in [3.8, 4) is 5.75 Å². The number of hydrogen-bond donors (Lipinski definition) is 4. The first kappa shape index (κ1) is 29.2. The molecule has 222 valence electrons. The Hall–Kier alpha value is -3.31. The van der Waals surface area contributed by atoms with E-state index in [9.17, 15) is 34.2 Å². The van der Waals surface area contributed by atoms with Gasteiger partial charge in [-0.25, -0.2) is 0 Å². The highest BCUT2D eigenvalue weighted by Gasteiger charge is 2.69. The van der Waals surface area contributed by atoms with Gasteiger partial charge in [-0.2, -0.15) is 0 Å². The number of anilines is 2. The zero-order valence-corrected chi connectivity index (χ0v) is 24.1. The fourth-order valence-corrected chi connectivity index (χ4v) is 7.83. The van der Waals surface area contributed by atoms with Gasteiger partial charge in [-0.05, 0) is 63.2 Å². The minimum atomic E-state index is -2.73. The molecule has 0 radical (unpaired) electrons. The van der Waals surface area contributed by atoms with Gasteiger partial charge in [-0.3, -0.25) is 28.9 Å². The van der Waals surface area contributed by atoms with Crippen LogP contribution in [0.4, 0.5) is 11.4 Å². The molecule has 0 heterocycles. The number of rotatable bonds is 6. The second-order valence-electron chi connectivity index (χ2n) is 12.7. The molecule has 1 aromatic rings. The second-order valence-corrected chi connectivity index (χ2v) is 12.7. The Bertz CT molecular complexity index is 1320. The van der Waals surface area contributed by atoms with Crippen molar-refractivity contribution < 1.29 is 34.2 Å². The van der Waals surface area contributed by atoms with Gasteiger partial charge in [0.05, 0.1) is 23.2 Å². The normalized spacial score (nSPS) is 31.9. The molecule has 6 atom stereocenters. The van der Waals surface area contributed by atoms with E-state index < -0.39 is 64.4 Å². The molecule has 6 unspecified atom stereocenters. The number of fused-ring (bicyclic) bond motifs is 3. The summed E-state index contributed by atoms with van der Waals surface area (Å²) in [6.07, 6.45) is 5.98. The number of nitrogens with one attached hydrogen (secondary N) is 1. The number of carbonyl (C=O) groups excluding carboxylic acids is 5. The number of ketones is 4. The molecular weight excluding hydrogens is 528 g/mol. The van der Waals surface area contributed by atoms with E-state index in [1.165, 1.54) is 11.3 Å². The van der Waals surface area contributed by atoms with E-state index >= 15 is 0 Å². The van der Waals surface area contributed by atoms with Crippen molar-refractivity contribution in [2.75, 3.05) is 45.0 Å². The van der Waals surface area contributed by atoms with Crippen molar-refractivity contribution in [2.24, 2.45) is 35.3 Å². The lowest BCUT2D eigenvalue weighted by molar-refractivity contribution is -0.181. The third kappa shape index (κ3) is 4.44. The summed E-state index contributed by atoms with van der Waals surface area (Å²) in [6.45, 7) is 0.642. The van der Waals surface area contributed by atoms with E-state index in [1.54, 1.807) is 14.1 Å². The van der Waals surface area contributed by atoms with Gasteiger partial charge in [0, 0.05) is 32.2 Å². The van der Waals surface area contributed by atoms with Crippen LogP contribution in [-0.2, 0) is 25.6 Å². The van der Waals surface area contributed by atoms with Crippen molar-refractivity contribution in [1.29, 1.82) is 0 Å². The van der Waals surface area contributed by atoms with Gasteiger partial charge in [0.2, 0.25) is 5.91 Å². The molecule has 0 aliphatic heterocycles. The number of aromatic hydroxyl groups is 1. The molecule has 11 heteroatoms. The smallest absolute Gasteiger partial charge is 0.235 e. The molecule has 0 bridgehead atoms. The maximum atomic E-state index is 14.1. The van der Waals surface area contributed by atoms with Crippen molar-refractivity contribution in [3.63, 3.8) is 0 Å². The molecule has 0 saturated heterocycles. The Labute approximate surface area is 239 Å². The molecule has 4 aliphatic rings. The number of aliphatic hydroxyl groups is 1. The number of Topliss-reactive ketones (excluding diaryl/α,β-unsaturated/α-hetero) is 4. The number of benzene rings is 1. The van der Waals surface area contributed by atoms with Crippen LogP contribution in [0.3, 0.4) is 0 Å². The van der Waals surface area contributed by atoms with E-state index in [1.807, 2.05) is 25.1 Å². The molecule has 3 fully saturated rings. The second kappa shape index (κ2) is 10.5. The fraction of sp³-hybridized carbons (Fsp3) is 0.633. The summed E-state index contributed by atoms with van der Waals surface area (Å²) < 4.78 is 0. The number of carbonyl (C=O) groups is 5. The summed E-state index contributed by atoms with van der Waals surface area (Å²) in [7, 11) is 6.81. The van der Waals surface area contributed by atoms with Crippen LogP contribution in [0.25, 0.3) is 0 Å². The minimum absolute atomic E-state index is 0.00828. The average molecular weight is 569 g/mol. The summed E-state index contributed by atoms with van der Waals surface area (Å²) in [4.78, 5) is 70.4. The molecule has 0 spiro atoms. The third-order valence-electron chi connectivity index (χ3n) is 9.83. The highest BCUT2D eigenvalue weighted by Crippen LogP contribution is 2.52. The first-order chi connectivity index (χ1) is 19.3. The Kier molecular flexibility index (Phi) is 7.48. The number of phenolic OH excluding ortho intramolecular Hbond substituents is 1. The first-order valence-electron chi connectivity index (χ1n) is 14.4. The number of nitrogens with two attached hydrogens (primary N) is 1. The van der Waals surface area contributed by atoms with E-state index in [0.29, 0.717) is 23.7 Å². The quantitative estimate of drug-likeness (QED) is 0.286. The van der Waals surface area contributed by atoms with E-state index in [0.717, 1.165) is 31.4 Å². The molecule has 11 nitrogen and oxygen atoms in total. The Morgan fingerprint density at radius 3 is 2.32 bits per heavy atom. The Morgan fingerprint density at radius 2 is 1.73 bits per heavy atom. The largest absolute Gasteiger partial charge is 0.505 e. The van der Waals surface area contributed by atoms with Gasteiger partial charge in [0.1, 0.15) is 5.75 Å². The van der Waals surface area contributed by atoms with Gasteiger partial charge >= 0.3 is 0 Å². The van der Waals surface area contributed by atoms with Gasteiger partial charge in [0.25, 0.3) is 0 Å². The number of nitrogens with zero attached hydrogens (tertiary/aromatic N) is 2. The number of primary amides is 1. The maximum absolute atomic E-state index is 14.1. The van der Waals surface area contributed by atoms with Crippen LogP contribution >= 0.6 is 0 Å². The van der Waals surface area contributed by atoms with Crippen molar-refractivity contribution in [3.05, 3.63) is 17.2 Å². The molecule has 0 aromatic heterocycles. The van der Waals surface area contributed by atoms with Crippen LogP contribution < -0.4 is 16.0 Å². The van der Waals surface area contributed by atoms with Crippen LogP contribution in [-0.4, -0.2) is 90.5 Å². The average Bonchev–Trinajstić information content (AvgIpc) is 2.90. The Balaban J connectivity index is 1.57. The van der Waals surface area contributed by atoms with Gasteiger partial charge in [0.15, 0.2) is 34.7 Å². The molecule has 5 N–H and O–H groups in total. The van der Waals surface area contributed by atoms with Gasteiger partial charge in [-0.15, -0.1) is 0 Å². The van der Waals surface area contributed by atoms with E-state index in [4.69, 9.17) is 5.73 Å². The number of likely N-dealkylation sites (N-methyl/N-ethyl adjacent to an activating group) is 1. The summed E-state index contributed by atoms with van der Waals surface area (Å²) >= 11 is 0. The van der Waals surface area contributed by atoms with Crippen molar-refractivity contribution in [2.45, 2.75) is 56.6 Å². The third-order valence-corrected chi connectivity index (χ3v) is 9.83. The van der Waals surface area contributed by atoms with E-state index in [2.05, 4.69) is 5.32 Å². The molecule has 41 heavy (non-hydrogen) atoms. The summed E-state index contributed by atoms with van der Waals surface area (Å²) in [5, 5.41) is 26.5. The summed E-state index contributed by atoms with van der Waals surface area (Å²) in [5.41, 5.74) is 4.37. The number of amides is 1. The first-order valence-corrected chi connectivity index (χ1v) is 14.4. The molecule has 4 aliphatic carbocycles. The topological polar surface area (TPSA) is 170 Å². The standard InChI is InChI=1S/C30H40N4O7/c1-33(2)19-12-18(32-13-14-8-6-5-7-9-14)24(35)21-16(19)10-15-11-17-23(34(3)4)26(37)22(29(31)40)28(39)30(17,41)27(38)20(15)25(21)36/h12,14-15,17,20,22-23,32,35,41H,5-11,13H2,1-4H3,(H2,31,40). The van der Waals surface area contributed by atoms with Crippen LogP contribution in [0.1, 0.15) is 54.4 Å². The number of phenols is 1. The summed E-state index contributed by atoms with van der Waals surface area (Å²) in [5.74, 6) is -9.91. The zero-order valence-electron chi connectivity index (χ0n) is 24.1. The van der Waals surface area contributed by atoms with E-state index in [-0.39, 0.29) is 24.2 Å².